The predicted octanol–water partition coefficient (Wildman–Crippen LogP) is 2.57. The van der Waals surface area contributed by atoms with Gasteiger partial charge in [0.2, 0.25) is 0 Å². The third-order valence-electron chi connectivity index (χ3n) is 4.31. The van der Waals surface area contributed by atoms with Crippen LogP contribution in [0.25, 0.3) is 0 Å². The fourth-order valence-electron chi connectivity index (χ4n) is 2.82. The summed E-state index contributed by atoms with van der Waals surface area (Å²) >= 11 is 3.46. The van der Waals surface area contributed by atoms with Crippen molar-refractivity contribution in [3.8, 4) is 0 Å². The van der Waals surface area contributed by atoms with E-state index >= 15 is 0 Å². The van der Waals surface area contributed by atoms with Crippen LogP contribution in [-0.4, -0.2) is 41.1 Å². The number of hydrogen-bond donors (Lipinski definition) is 3. The van der Waals surface area contributed by atoms with Gasteiger partial charge in [0.25, 0.3) is 5.91 Å². The molecule has 1 atom stereocenters. The van der Waals surface area contributed by atoms with Gasteiger partial charge in [0.1, 0.15) is 0 Å². The van der Waals surface area contributed by atoms with Gasteiger partial charge in [-0.1, -0.05) is 52.3 Å². The maximum absolute atomic E-state index is 13.0. The molecule has 0 aromatic heterocycles. The molecule has 30 heavy (non-hydrogen) atoms. The molecular weight excluding hydrogens is 469 g/mol. The molecule has 1 aliphatic heterocycles. The van der Waals surface area contributed by atoms with Crippen molar-refractivity contribution in [2.45, 2.75) is 18.3 Å². The van der Waals surface area contributed by atoms with Gasteiger partial charge in [0, 0.05) is 18.1 Å². The highest BCUT2D eigenvalue weighted by atomic mass is 79.9. The summed E-state index contributed by atoms with van der Waals surface area (Å²) in [4.78, 5) is 27.9. The number of carboxylic acids is 1. The highest BCUT2D eigenvalue weighted by Crippen LogP contribution is 2.40. The van der Waals surface area contributed by atoms with Gasteiger partial charge in [-0.25, -0.2) is 9.79 Å². The van der Waals surface area contributed by atoms with Gasteiger partial charge < -0.3 is 16.6 Å². The molecule has 5 N–H and O–H groups in total. The average Bonchev–Trinajstić information content (AvgIpc) is 2.93. The van der Waals surface area contributed by atoms with Gasteiger partial charge >= 0.3 is 12.1 Å². The lowest BCUT2D eigenvalue weighted by molar-refractivity contribution is -0.192. The standard InChI is InChI=1S/C17H17BrN4O.C2HF3O2/c1-22-15(23)17(21-16(22)20,13-6-3-7-14(18)9-13)12-5-2-4-11(8-12)10-19;3-2(4,5)1(6)7/h2-9H,10,19H2,1H3,(H2,20,21);(H,6,7). The summed E-state index contributed by atoms with van der Waals surface area (Å²) in [6.07, 6.45) is -5.08. The van der Waals surface area contributed by atoms with Crippen molar-refractivity contribution in [1.82, 2.24) is 4.90 Å². The molecule has 160 valence electrons. The van der Waals surface area contributed by atoms with Gasteiger partial charge in [-0.05, 0) is 28.8 Å². The van der Waals surface area contributed by atoms with Crippen molar-refractivity contribution in [2.75, 3.05) is 7.05 Å². The van der Waals surface area contributed by atoms with Crippen LogP contribution >= 0.6 is 15.9 Å². The summed E-state index contributed by atoms with van der Waals surface area (Å²) in [6.45, 7) is 0.394. The fourth-order valence-corrected chi connectivity index (χ4v) is 3.22. The lowest BCUT2D eigenvalue weighted by Gasteiger charge is -2.26. The summed E-state index contributed by atoms with van der Waals surface area (Å²) in [5.74, 6) is -2.73. The van der Waals surface area contributed by atoms with Crippen LogP contribution in [0.15, 0.2) is 58.0 Å². The minimum Gasteiger partial charge on any atom is -0.475 e. The molecule has 1 aliphatic rings. The molecule has 0 saturated carbocycles. The molecule has 0 bridgehead atoms. The summed E-state index contributed by atoms with van der Waals surface area (Å²) < 4.78 is 32.6. The maximum Gasteiger partial charge on any atom is 0.490 e. The molecule has 1 heterocycles. The van der Waals surface area contributed by atoms with Crippen molar-refractivity contribution in [3.05, 3.63) is 69.7 Å². The molecule has 1 unspecified atom stereocenters. The number of alkyl halides is 3. The van der Waals surface area contributed by atoms with Crippen LogP contribution < -0.4 is 11.5 Å². The van der Waals surface area contributed by atoms with Crippen LogP contribution in [0.5, 0.6) is 0 Å². The topological polar surface area (TPSA) is 122 Å². The second-order valence-electron chi connectivity index (χ2n) is 6.26. The molecular formula is C19H18BrF3N4O3. The number of carboxylic acid groups (broad SMARTS) is 1. The minimum atomic E-state index is -5.08. The first-order valence-electron chi connectivity index (χ1n) is 8.42. The highest BCUT2D eigenvalue weighted by Gasteiger charge is 2.49. The van der Waals surface area contributed by atoms with E-state index in [1.54, 1.807) is 7.05 Å². The largest absolute Gasteiger partial charge is 0.490 e. The zero-order chi connectivity index (χ0) is 22.7. The first-order valence-corrected chi connectivity index (χ1v) is 9.22. The number of hydrogen-bond acceptors (Lipinski definition) is 5. The Morgan fingerprint density at radius 1 is 1.20 bits per heavy atom. The Bertz CT molecular complexity index is 997. The molecule has 11 heteroatoms. The Hall–Kier alpha value is -2.92. The number of guanidine groups is 1. The summed E-state index contributed by atoms with van der Waals surface area (Å²) in [5.41, 5.74) is 13.0. The van der Waals surface area contributed by atoms with Crippen molar-refractivity contribution < 1.29 is 27.9 Å². The number of likely N-dealkylation sites (N-methyl/N-ethyl adjacent to an activating group) is 1. The third kappa shape index (κ3) is 4.62. The van der Waals surface area contributed by atoms with E-state index < -0.39 is 17.7 Å². The fraction of sp³-hybridized carbons (Fsp3) is 0.211. The van der Waals surface area contributed by atoms with E-state index in [1.807, 2.05) is 48.5 Å². The number of amides is 1. The van der Waals surface area contributed by atoms with E-state index in [0.29, 0.717) is 6.54 Å². The monoisotopic (exact) mass is 486 g/mol. The van der Waals surface area contributed by atoms with Crippen LogP contribution in [0.1, 0.15) is 16.7 Å². The number of halogens is 4. The Morgan fingerprint density at radius 2 is 1.73 bits per heavy atom. The average molecular weight is 487 g/mol. The predicted molar refractivity (Wildman–Crippen MR) is 107 cm³/mol. The third-order valence-corrected chi connectivity index (χ3v) is 4.80. The molecule has 0 radical (unpaired) electrons. The van der Waals surface area contributed by atoms with E-state index in [4.69, 9.17) is 21.4 Å². The number of rotatable bonds is 3. The summed E-state index contributed by atoms with van der Waals surface area (Å²) in [5, 5.41) is 7.12. The van der Waals surface area contributed by atoms with E-state index in [1.165, 1.54) is 4.90 Å². The number of carbonyl (C=O) groups is 2. The minimum absolute atomic E-state index is 0.178. The molecule has 0 spiro atoms. The summed E-state index contributed by atoms with van der Waals surface area (Å²) in [7, 11) is 1.63. The van der Waals surface area contributed by atoms with Crippen LogP contribution in [0, 0.1) is 0 Å². The number of aliphatic carboxylic acids is 1. The van der Waals surface area contributed by atoms with Gasteiger partial charge in [-0.2, -0.15) is 13.2 Å². The van der Waals surface area contributed by atoms with E-state index in [0.717, 1.165) is 21.2 Å². The lowest BCUT2D eigenvalue weighted by Crippen LogP contribution is -2.41. The van der Waals surface area contributed by atoms with Crippen LogP contribution in [0.2, 0.25) is 0 Å². The zero-order valence-corrected chi connectivity index (χ0v) is 17.2. The molecule has 7 nitrogen and oxygen atoms in total. The Balaban J connectivity index is 0.000000396. The SMILES string of the molecule is CN1C(=O)C(c2cccc(Br)c2)(c2cccc(CN)c2)N=C1N.O=C(O)C(F)(F)F. The van der Waals surface area contributed by atoms with Crippen molar-refractivity contribution in [3.63, 3.8) is 0 Å². The Kier molecular flexibility index (Phi) is 6.88. The van der Waals surface area contributed by atoms with E-state index in [9.17, 15) is 18.0 Å². The Labute approximate surface area is 178 Å². The first-order chi connectivity index (χ1) is 13.9. The number of benzene rings is 2. The smallest absolute Gasteiger partial charge is 0.475 e. The van der Waals surface area contributed by atoms with Crippen LogP contribution in [-0.2, 0) is 21.7 Å². The number of aliphatic imine (C=N–C) groups is 1. The molecule has 2 aromatic carbocycles. The number of nitrogens with zero attached hydrogens (tertiary/aromatic N) is 2. The molecule has 1 amide bonds. The van der Waals surface area contributed by atoms with Gasteiger partial charge in [0.05, 0.1) is 0 Å². The molecule has 0 fully saturated rings. The van der Waals surface area contributed by atoms with Crippen LogP contribution in [0.4, 0.5) is 13.2 Å². The quantitative estimate of drug-likeness (QED) is 0.615. The van der Waals surface area contributed by atoms with E-state index in [2.05, 4.69) is 20.9 Å². The van der Waals surface area contributed by atoms with Crippen molar-refractivity contribution >= 4 is 33.8 Å². The molecule has 0 aliphatic carbocycles. The second-order valence-corrected chi connectivity index (χ2v) is 7.18. The lowest BCUT2D eigenvalue weighted by atomic mass is 9.82. The molecule has 3 rings (SSSR count). The van der Waals surface area contributed by atoms with Gasteiger partial charge in [-0.3, -0.25) is 9.69 Å². The number of nitrogens with two attached hydrogens (primary N) is 2. The van der Waals surface area contributed by atoms with Gasteiger partial charge in [-0.15, -0.1) is 0 Å². The second kappa shape index (κ2) is 8.84. The first kappa shape index (κ1) is 23.4. The zero-order valence-electron chi connectivity index (χ0n) is 15.7. The summed E-state index contributed by atoms with van der Waals surface area (Å²) in [6, 6.07) is 15.2. The van der Waals surface area contributed by atoms with Crippen molar-refractivity contribution in [2.24, 2.45) is 16.5 Å². The van der Waals surface area contributed by atoms with Gasteiger partial charge in [0.15, 0.2) is 11.5 Å². The molecule has 2 aromatic rings. The van der Waals surface area contributed by atoms with Crippen molar-refractivity contribution in [1.29, 1.82) is 0 Å². The highest BCUT2D eigenvalue weighted by molar-refractivity contribution is 9.10. The Morgan fingerprint density at radius 3 is 2.17 bits per heavy atom. The normalized spacial score (nSPS) is 18.5. The maximum atomic E-state index is 13.0. The molecule has 0 saturated heterocycles. The van der Waals surface area contributed by atoms with Crippen LogP contribution in [0.3, 0.4) is 0 Å². The number of carbonyl (C=O) groups excluding carboxylic acids is 1. The van der Waals surface area contributed by atoms with E-state index in [-0.39, 0.29) is 11.9 Å².